The molecule has 0 N–H and O–H groups in total. The van der Waals surface area contributed by atoms with Crippen molar-refractivity contribution in [3.8, 4) is 11.5 Å². The molecule has 0 radical (unpaired) electrons. The minimum absolute atomic E-state index is 0.0442. The van der Waals surface area contributed by atoms with Crippen LogP contribution in [0, 0.1) is 17.0 Å². The van der Waals surface area contributed by atoms with Crippen LogP contribution in [0.25, 0.3) is 22.6 Å². The van der Waals surface area contributed by atoms with E-state index in [1.807, 2.05) is 0 Å². The lowest BCUT2D eigenvalue weighted by Gasteiger charge is -1.99. The van der Waals surface area contributed by atoms with Crippen molar-refractivity contribution in [3.63, 3.8) is 0 Å². The zero-order valence-corrected chi connectivity index (χ0v) is 11.2. The lowest BCUT2D eigenvalue weighted by molar-refractivity contribution is -0.385. The van der Waals surface area contributed by atoms with Crippen LogP contribution in [0.4, 0.5) is 5.69 Å². The molecule has 3 aromatic rings. The fraction of sp³-hybridized carbons (Fsp3) is 0.0714. The highest BCUT2D eigenvalue weighted by molar-refractivity contribution is 6.31. The topological polar surface area (TPSA) is 69.2 Å². The zero-order valence-electron chi connectivity index (χ0n) is 10.5. The average molecular weight is 289 g/mol. The van der Waals surface area contributed by atoms with Gasteiger partial charge in [-0.25, -0.2) is 4.98 Å². The zero-order chi connectivity index (χ0) is 14.3. The Hall–Kier alpha value is -2.40. The summed E-state index contributed by atoms with van der Waals surface area (Å²) in [5.41, 5.74) is 2.42. The van der Waals surface area contributed by atoms with E-state index in [1.54, 1.807) is 37.3 Å². The molecule has 0 amide bonds. The van der Waals surface area contributed by atoms with Gasteiger partial charge in [-0.15, -0.1) is 0 Å². The third kappa shape index (κ3) is 2.12. The smallest absolute Gasteiger partial charge is 0.273 e. The summed E-state index contributed by atoms with van der Waals surface area (Å²) in [5.74, 6) is 0.338. The van der Waals surface area contributed by atoms with Gasteiger partial charge in [0.2, 0.25) is 5.89 Å². The van der Waals surface area contributed by atoms with Gasteiger partial charge in [0.15, 0.2) is 5.58 Å². The molecule has 0 spiro atoms. The first-order chi connectivity index (χ1) is 9.54. The van der Waals surface area contributed by atoms with E-state index in [-0.39, 0.29) is 5.69 Å². The quantitative estimate of drug-likeness (QED) is 0.519. The average Bonchev–Trinajstić information content (AvgIpc) is 2.81. The van der Waals surface area contributed by atoms with E-state index in [1.165, 1.54) is 6.07 Å². The number of rotatable bonds is 2. The number of aryl methyl sites for hydroxylation is 1. The van der Waals surface area contributed by atoms with Crippen molar-refractivity contribution in [3.05, 3.63) is 57.1 Å². The maximum Gasteiger partial charge on any atom is 0.273 e. The first-order valence-corrected chi connectivity index (χ1v) is 6.24. The number of benzene rings is 2. The molecule has 0 atom stereocenters. The van der Waals surface area contributed by atoms with Crippen molar-refractivity contribution in [2.24, 2.45) is 0 Å². The highest BCUT2D eigenvalue weighted by Crippen LogP contribution is 2.29. The summed E-state index contributed by atoms with van der Waals surface area (Å²) in [7, 11) is 0. The Morgan fingerprint density at radius 3 is 2.80 bits per heavy atom. The van der Waals surface area contributed by atoms with Gasteiger partial charge < -0.3 is 4.42 Å². The monoisotopic (exact) mass is 288 g/mol. The van der Waals surface area contributed by atoms with Gasteiger partial charge in [0, 0.05) is 22.2 Å². The van der Waals surface area contributed by atoms with E-state index in [0.29, 0.717) is 33.1 Å². The van der Waals surface area contributed by atoms with Crippen LogP contribution < -0.4 is 0 Å². The van der Waals surface area contributed by atoms with Gasteiger partial charge in [-0.1, -0.05) is 17.7 Å². The summed E-state index contributed by atoms with van der Waals surface area (Å²) in [6.45, 7) is 1.69. The van der Waals surface area contributed by atoms with E-state index in [0.717, 1.165) is 0 Å². The van der Waals surface area contributed by atoms with Crippen LogP contribution in [-0.4, -0.2) is 9.91 Å². The molecule has 0 unspecified atom stereocenters. The summed E-state index contributed by atoms with van der Waals surface area (Å²) < 4.78 is 5.59. The summed E-state index contributed by atoms with van der Waals surface area (Å²) in [6.07, 6.45) is 0. The van der Waals surface area contributed by atoms with Crippen LogP contribution in [0.15, 0.2) is 40.8 Å². The van der Waals surface area contributed by atoms with Gasteiger partial charge in [0.1, 0.15) is 5.52 Å². The van der Waals surface area contributed by atoms with E-state index in [9.17, 15) is 10.1 Å². The van der Waals surface area contributed by atoms with Gasteiger partial charge in [0.25, 0.3) is 5.69 Å². The highest BCUT2D eigenvalue weighted by Gasteiger charge is 2.15. The molecule has 0 saturated heterocycles. The fourth-order valence-corrected chi connectivity index (χ4v) is 2.13. The molecule has 0 aliphatic heterocycles. The molecule has 5 nitrogen and oxygen atoms in total. The third-order valence-corrected chi connectivity index (χ3v) is 3.24. The largest absolute Gasteiger partial charge is 0.436 e. The van der Waals surface area contributed by atoms with Crippen LogP contribution in [0.5, 0.6) is 0 Å². The van der Waals surface area contributed by atoms with Crippen LogP contribution in [0.3, 0.4) is 0 Å². The molecule has 3 rings (SSSR count). The molecule has 0 saturated carbocycles. The van der Waals surface area contributed by atoms with Gasteiger partial charge in [-0.3, -0.25) is 10.1 Å². The molecule has 0 fully saturated rings. The summed E-state index contributed by atoms with van der Waals surface area (Å²) in [5, 5.41) is 11.5. The lowest BCUT2D eigenvalue weighted by atomic mass is 10.1. The van der Waals surface area contributed by atoms with E-state index in [4.69, 9.17) is 16.0 Å². The number of nitro groups is 1. The first-order valence-electron chi connectivity index (χ1n) is 5.86. The summed E-state index contributed by atoms with van der Waals surface area (Å²) in [4.78, 5) is 14.8. The Bertz CT molecular complexity index is 826. The van der Waals surface area contributed by atoms with Gasteiger partial charge >= 0.3 is 0 Å². The number of oxazole rings is 1. The summed E-state index contributed by atoms with van der Waals surface area (Å²) in [6, 6.07) is 9.99. The lowest BCUT2D eigenvalue weighted by Crippen LogP contribution is -1.92. The van der Waals surface area contributed by atoms with Gasteiger partial charge in [-0.2, -0.15) is 0 Å². The van der Waals surface area contributed by atoms with Crippen LogP contribution in [0.2, 0.25) is 5.02 Å². The molecular weight excluding hydrogens is 280 g/mol. The number of hydrogen-bond acceptors (Lipinski definition) is 4. The number of halogens is 1. The van der Waals surface area contributed by atoms with Gasteiger partial charge in [-0.05, 0) is 31.2 Å². The van der Waals surface area contributed by atoms with Crippen molar-refractivity contribution in [1.82, 2.24) is 4.98 Å². The minimum atomic E-state index is -0.418. The van der Waals surface area contributed by atoms with E-state index in [2.05, 4.69) is 4.98 Å². The molecule has 6 heteroatoms. The SMILES string of the molecule is Cc1ccc(-c2nc3cc(Cl)ccc3o2)cc1[N+](=O)[O-]. The number of fused-ring (bicyclic) bond motifs is 1. The highest BCUT2D eigenvalue weighted by atomic mass is 35.5. The Balaban J connectivity index is 2.15. The first kappa shape index (κ1) is 12.6. The Morgan fingerprint density at radius 1 is 1.25 bits per heavy atom. The predicted octanol–water partition coefficient (Wildman–Crippen LogP) is 4.36. The summed E-state index contributed by atoms with van der Waals surface area (Å²) >= 11 is 5.89. The molecule has 1 aromatic heterocycles. The van der Waals surface area contributed by atoms with Crippen molar-refractivity contribution in [2.45, 2.75) is 6.92 Å². The second-order valence-corrected chi connectivity index (χ2v) is 4.83. The minimum Gasteiger partial charge on any atom is -0.436 e. The third-order valence-electron chi connectivity index (χ3n) is 3.00. The van der Waals surface area contributed by atoms with E-state index < -0.39 is 4.92 Å². The van der Waals surface area contributed by atoms with Crippen LogP contribution >= 0.6 is 11.6 Å². The Labute approximate surface area is 119 Å². The molecule has 20 heavy (non-hydrogen) atoms. The molecular formula is C14H9ClN2O3. The second-order valence-electron chi connectivity index (χ2n) is 4.39. The fourth-order valence-electron chi connectivity index (χ4n) is 1.96. The second kappa shape index (κ2) is 4.61. The molecule has 100 valence electrons. The van der Waals surface area contributed by atoms with E-state index >= 15 is 0 Å². The molecule has 0 aliphatic rings. The molecule has 0 aliphatic carbocycles. The number of nitrogens with zero attached hydrogens (tertiary/aromatic N) is 2. The normalized spacial score (nSPS) is 10.9. The number of hydrogen-bond donors (Lipinski definition) is 0. The molecule has 2 aromatic carbocycles. The Morgan fingerprint density at radius 2 is 2.05 bits per heavy atom. The molecule has 0 bridgehead atoms. The number of aromatic nitrogens is 1. The van der Waals surface area contributed by atoms with Crippen LogP contribution in [0.1, 0.15) is 5.56 Å². The van der Waals surface area contributed by atoms with Crippen molar-refractivity contribution in [1.29, 1.82) is 0 Å². The maximum atomic E-state index is 11.0. The maximum absolute atomic E-state index is 11.0. The van der Waals surface area contributed by atoms with Crippen molar-refractivity contribution < 1.29 is 9.34 Å². The number of nitro benzene ring substituents is 1. The van der Waals surface area contributed by atoms with Crippen molar-refractivity contribution >= 4 is 28.4 Å². The Kier molecular flexibility index (Phi) is 2.91. The standard InChI is InChI=1S/C14H9ClN2O3/c1-8-2-3-9(6-12(8)17(18)19)14-16-11-7-10(15)4-5-13(11)20-14/h2-7H,1H3. The predicted molar refractivity (Wildman–Crippen MR) is 75.8 cm³/mol. The van der Waals surface area contributed by atoms with Gasteiger partial charge in [0.05, 0.1) is 4.92 Å². The van der Waals surface area contributed by atoms with Crippen molar-refractivity contribution in [2.75, 3.05) is 0 Å². The van der Waals surface area contributed by atoms with Crippen LogP contribution in [-0.2, 0) is 0 Å². The molecule has 1 heterocycles.